The minimum absolute atomic E-state index is 0.479. The Morgan fingerprint density at radius 1 is 1.25 bits per heavy atom. The van der Waals surface area contributed by atoms with E-state index in [4.69, 9.17) is 0 Å². The van der Waals surface area contributed by atoms with Crippen molar-refractivity contribution in [3.05, 3.63) is 30.3 Å². The Hall–Kier alpha value is -1.02. The van der Waals surface area contributed by atoms with Crippen LogP contribution in [0.4, 0.5) is 5.69 Å². The van der Waals surface area contributed by atoms with Gasteiger partial charge in [-0.3, -0.25) is 5.32 Å². The number of rotatable bonds is 2. The summed E-state index contributed by atoms with van der Waals surface area (Å²) in [6.07, 6.45) is 2.99. The highest BCUT2D eigenvalue weighted by molar-refractivity contribution is 5.43. The molecule has 0 amide bonds. The highest BCUT2D eigenvalue weighted by Gasteiger charge is 2.12. The molecular weight excluding hydrogens is 148 g/mol. The molecule has 2 heteroatoms. The molecule has 12 heavy (non-hydrogen) atoms. The van der Waals surface area contributed by atoms with E-state index in [1.54, 1.807) is 0 Å². The second-order valence-electron chi connectivity index (χ2n) is 3.16. The van der Waals surface area contributed by atoms with Crippen LogP contribution in [0.2, 0.25) is 0 Å². The molecule has 0 spiro atoms. The van der Waals surface area contributed by atoms with Crippen LogP contribution in [-0.4, -0.2) is 12.7 Å². The molecule has 1 aliphatic heterocycles. The Labute approximate surface area is 73.0 Å². The summed E-state index contributed by atoms with van der Waals surface area (Å²) >= 11 is 0. The smallest absolute Gasteiger partial charge is 0.0768 e. The van der Waals surface area contributed by atoms with E-state index in [9.17, 15) is 0 Å². The molecule has 0 bridgehead atoms. The van der Waals surface area contributed by atoms with Gasteiger partial charge in [0.25, 0.3) is 0 Å². The molecule has 0 aromatic heterocycles. The van der Waals surface area contributed by atoms with Gasteiger partial charge in [-0.05, 0) is 31.5 Å². The van der Waals surface area contributed by atoms with E-state index >= 15 is 0 Å². The van der Waals surface area contributed by atoms with Crippen molar-refractivity contribution in [2.45, 2.75) is 19.0 Å². The van der Waals surface area contributed by atoms with Gasteiger partial charge in [0.1, 0.15) is 0 Å². The maximum absolute atomic E-state index is 3.43. The van der Waals surface area contributed by atoms with E-state index in [1.165, 1.54) is 18.5 Å². The Morgan fingerprint density at radius 3 is 2.75 bits per heavy atom. The zero-order valence-electron chi connectivity index (χ0n) is 7.09. The van der Waals surface area contributed by atoms with E-state index in [-0.39, 0.29) is 0 Å². The zero-order chi connectivity index (χ0) is 8.23. The SMILES string of the molecule is c1ccc(NC2CCCN2)cc1. The van der Waals surface area contributed by atoms with E-state index in [0.29, 0.717) is 6.17 Å². The summed E-state index contributed by atoms with van der Waals surface area (Å²) in [5.74, 6) is 0. The van der Waals surface area contributed by atoms with Gasteiger partial charge in [0.15, 0.2) is 0 Å². The fraction of sp³-hybridized carbons (Fsp3) is 0.400. The van der Waals surface area contributed by atoms with Gasteiger partial charge < -0.3 is 5.32 Å². The molecule has 1 aromatic carbocycles. The lowest BCUT2D eigenvalue weighted by Gasteiger charge is -2.13. The first-order chi connectivity index (χ1) is 5.95. The standard InChI is InChI=1S/C10H14N2/c1-2-5-9(6-3-1)12-10-7-4-8-11-10/h1-3,5-6,10-12H,4,7-8H2. The number of benzene rings is 1. The topological polar surface area (TPSA) is 24.1 Å². The average molecular weight is 162 g/mol. The quantitative estimate of drug-likeness (QED) is 0.693. The van der Waals surface area contributed by atoms with Crippen molar-refractivity contribution in [1.82, 2.24) is 5.32 Å². The Balaban J connectivity index is 1.94. The Bertz CT molecular complexity index is 227. The van der Waals surface area contributed by atoms with Crippen LogP contribution in [0.25, 0.3) is 0 Å². The first-order valence-corrected chi connectivity index (χ1v) is 4.50. The van der Waals surface area contributed by atoms with Crippen LogP contribution in [0.5, 0.6) is 0 Å². The monoisotopic (exact) mass is 162 g/mol. The highest BCUT2D eigenvalue weighted by Crippen LogP contribution is 2.11. The maximum atomic E-state index is 3.43. The summed E-state index contributed by atoms with van der Waals surface area (Å²) in [5.41, 5.74) is 1.21. The second-order valence-corrected chi connectivity index (χ2v) is 3.16. The molecular formula is C10H14N2. The number of nitrogens with one attached hydrogen (secondary N) is 2. The minimum Gasteiger partial charge on any atom is -0.370 e. The van der Waals surface area contributed by atoms with Crippen LogP contribution >= 0.6 is 0 Å². The summed E-state index contributed by atoms with van der Waals surface area (Å²) in [6.45, 7) is 1.14. The summed E-state index contributed by atoms with van der Waals surface area (Å²) in [6, 6.07) is 10.3. The van der Waals surface area contributed by atoms with Crippen molar-refractivity contribution in [3.63, 3.8) is 0 Å². The lowest BCUT2D eigenvalue weighted by Crippen LogP contribution is -2.29. The summed E-state index contributed by atoms with van der Waals surface area (Å²) < 4.78 is 0. The predicted molar refractivity (Wildman–Crippen MR) is 51.1 cm³/mol. The van der Waals surface area contributed by atoms with E-state index in [0.717, 1.165) is 6.54 Å². The predicted octanol–water partition coefficient (Wildman–Crippen LogP) is 1.81. The van der Waals surface area contributed by atoms with Gasteiger partial charge in [-0.2, -0.15) is 0 Å². The van der Waals surface area contributed by atoms with Crippen LogP contribution in [-0.2, 0) is 0 Å². The third kappa shape index (κ3) is 1.77. The van der Waals surface area contributed by atoms with E-state index in [1.807, 2.05) is 6.07 Å². The summed E-state index contributed by atoms with van der Waals surface area (Å²) in [4.78, 5) is 0. The lowest BCUT2D eigenvalue weighted by atomic mass is 10.3. The molecule has 1 aromatic rings. The molecule has 0 radical (unpaired) electrons. The third-order valence-corrected chi connectivity index (χ3v) is 2.17. The van der Waals surface area contributed by atoms with Crippen LogP contribution in [0.15, 0.2) is 30.3 Å². The summed E-state index contributed by atoms with van der Waals surface area (Å²) in [5, 5.41) is 6.82. The fourth-order valence-corrected chi connectivity index (χ4v) is 1.54. The zero-order valence-corrected chi connectivity index (χ0v) is 7.09. The van der Waals surface area contributed by atoms with Crippen molar-refractivity contribution in [2.24, 2.45) is 0 Å². The minimum atomic E-state index is 0.479. The average Bonchev–Trinajstić information content (AvgIpc) is 2.59. The van der Waals surface area contributed by atoms with Crippen LogP contribution in [0.3, 0.4) is 0 Å². The van der Waals surface area contributed by atoms with E-state index in [2.05, 4.69) is 34.9 Å². The number of hydrogen-bond donors (Lipinski definition) is 2. The number of hydrogen-bond acceptors (Lipinski definition) is 2. The molecule has 1 heterocycles. The Kier molecular flexibility index (Phi) is 2.28. The Morgan fingerprint density at radius 2 is 2.08 bits per heavy atom. The summed E-state index contributed by atoms with van der Waals surface area (Å²) in [7, 11) is 0. The van der Waals surface area contributed by atoms with Crippen molar-refractivity contribution < 1.29 is 0 Å². The molecule has 2 N–H and O–H groups in total. The fourth-order valence-electron chi connectivity index (χ4n) is 1.54. The molecule has 1 aliphatic rings. The van der Waals surface area contributed by atoms with Crippen LogP contribution in [0.1, 0.15) is 12.8 Å². The molecule has 1 unspecified atom stereocenters. The van der Waals surface area contributed by atoms with Gasteiger partial charge in [-0.1, -0.05) is 18.2 Å². The first-order valence-electron chi connectivity index (χ1n) is 4.50. The molecule has 0 saturated carbocycles. The van der Waals surface area contributed by atoms with Gasteiger partial charge in [-0.15, -0.1) is 0 Å². The molecule has 1 saturated heterocycles. The van der Waals surface area contributed by atoms with Gasteiger partial charge >= 0.3 is 0 Å². The third-order valence-electron chi connectivity index (χ3n) is 2.17. The van der Waals surface area contributed by atoms with Crippen LogP contribution in [0, 0.1) is 0 Å². The van der Waals surface area contributed by atoms with Crippen molar-refractivity contribution >= 4 is 5.69 Å². The molecule has 2 rings (SSSR count). The molecule has 64 valence electrons. The molecule has 1 fully saturated rings. The maximum Gasteiger partial charge on any atom is 0.0768 e. The van der Waals surface area contributed by atoms with E-state index < -0.39 is 0 Å². The van der Waals surface area contributed by atoms with Gasteiger partial charge in [-0.25, -0.2) is 0 Å². The molecule has 2 nitrogen and oxygen atoms in total. The first kappa shape index (κ1) is 7.62. The van der Waals surface area contributed by atoms with Crippen molar-refractivity contribution in [2.75, 3.05) is 11.9 Å². The van der Waals surface area contributed by atoms with Crippen LogP contribution < -0.4 is 10.6 Å². The largest absolute Gasteiger partial charge is 0.370 e. The normalized spacial score (nSPS) is 22.5. The van der Waals surface area contributed by atoms with Gasteiger partial charge in [0, 0.05) is 5.69 Å². The highest BCUT2D eigenvalue weighted by atomic mass is 15.1. The van der Waals surface area contributed by atoms with Gasteiger partial charge in [0.2, 0.25) is 0 Å². The van der Waals surface area contributed by atoms with Crippen molar-refractivity contribution in [3.8, 4) is 0 Å². The molecule has 1 atom stereocenters. The number of para-hydroxylation sites is 1. The van der Waals surface area contributed by atoms with Gasteiger partial charge in [0.05, 0.1) is 6.17 Å². The second kappa shape index (κ2) is 3.59. The van der Waals surface area contributed by atoms with Crippen molar-refractivity contribution in [1.29, 1.82) is 0 Å². The molecule has 0 aliphatic carbocycles. The number of anilines is 1. The lowest BCUT2D eigenvalue weighted by molar-refractivity contribution is 0.679.